The average Bonchev–Trinajstić information content (AvgIpc) is 2.18. The van der Waals surface area contributed by atoms with Gasteiger partial charge < -0.3 is 0 Å². The van der Waals surface area contributed by atoms with E-state index in [0.717, 1.165) is 22.2 Å². The van der Waals surface area contributed by atoms with Crippen molar-refractivity contribution in [2.45, 2.75) is 13.5 Å². The van der Waals surface area contributed by atoms with Crippen LogP contribution in [0.25, 0.3) is 10.9 Å². The first-order chi connectivity index (χ1) is 6.81. The Hall–Kier alpha value is -1.45. The molecule has 0 aliphatic carbocycles. The van der Waals surface area contributed by atoms with Crippen LogP contribution in [0.5, 0.6) is 0 Å². The molecular formula is C11H12N2O. The molecule has 0 saturated carbocycles. The quantitative estimate of drug-likeness (QED) is 0.732. The fourth-order valence-corrected chi connectivity index (χ4v) is 1.60. The van der Waals surface area contributed by atoms with Gasteiger partial charge in [-0.15, -0.1) is 0 Å². The minimum absolute atomic E-state index is 0.421. The number of pyridine rings is 1. The number of nitrogens with two attached hydrogens (primary N) is 1. The highest BCUT2D eigenvalue weighted by atomic mass is 16.6. The van der Waals surface area contributed by atoms with E-state index in [1.165, 1.54) is 0 Å². The van der Waals surface area contributed by atoms with E-state index in [4.69, 9.17) is 5.90 Å². The van der Waals surface area contributed by atoms with Crippen molar-refractivity contribution >= 4 is 10.9 Å². The van der Waals surface area contributed by atoms with Crippen LogP contribution in [0.4, 0.5) is 0 Å². The van der Waals surface area contributed by atoms with Gasteiger partial charge in [0, 0.05) is 11.1 Å². The van der Waals surface area contributed by atoms with Crippen LogP contribution in [0.2, 0.25) is 0 Å². The van der Waals surface area contributed by atoms with Gasteiger partial charge in [-0.2, -0.15) is 0 Å². The lowest BCUT2D eigenvalue weighted by Gasteiger charge is -2.05. The number of hydrogen-bond donors (Lipinski definition) is 1. The van der Waals surface area contributed by atoms with Crippen molar-refractivity contribution < 1.29 is 4.84 Å². The zero-order valence-electron chi connectivity index (χ0n) is 8.03. The number of aryl methyl sites for hydroxylation is 1. The van der Waals surface area contributed by atoms with Crippen LogP contribution in [0.1, 0.15) is 11.3 Å². The number of fused-ring (bicyclic) bond motifs is 1. The maximum atomic E-state index is 5.08. The van der Waals surface area contributed by atoms with Crippen LogP contribution in [0, 0.1) is 6.92 Å². The number of benzene rings is 1. The number of aromatic nitrogens is 1. The Morgan fingerprint density at radius 2 is 2.14 bits per heavy atom. The molecule has 1 aromatic carbocycles. The molecule has 0 radical (unpaired) electrons. The molecule has 2 aromatic rings. The Kier molecular flexibility index (Phi) is 2.43. The van der Waals surface area contributed by atoms with Crippen molar-refractivity contribution in [2.75, 3.05) is 0 Å². The van der Waals surface area contributed by atoms with Gasteiger partial charge in [0.05, 0.1) is 12.1 Å². The van der Waals surface area contributed by atoms with Gasteiger partial charge in [0.15, 0.2) is 0 Å². The summed E-state index contributed by atoms with van der Waals surface area (Å²) in [6, 6.07) is 9.97. The van der Waals surface area contributed by atoms with Gasteiger partial charge in [-0.25, -0.2) is 5.90 Å². The molecule has 0 fully saturated rings. The molecule has 2 N–H and O–H groups in total. The van der Waals surface area contributed by atoms with E-state index in [2.05, 4.69) is 9.82 Å². The Balaban J connectivity index is 2.67. The Labute approximate surface area is 82.5 Å². The molecule has 0 saturated heterocycles. The Morgan fingerprint density at radius 3 is 2.93 bits per heavy atom. The van der Waals surface area contributed by atoms with Gasteiger partial charge in [0.1, 0.15) is 0 Å². The molecule has 14 heavy (non-hydrogen) atoms. The lowest BCUT2D eigenvalue weighted by Crippen LogP contribution is -2.00. The first-order valence-corrected chi connectivity index (χ1v) is 4.48. The van der Waals surface area contributed by atoms with Crippen molar-refractivity contribution in [3.8, 4) is 0 Å². The maximum absolute atomic E-state index is 5.08. The molecule has 0 amide bonds. The molecule has 0 unspecified atom stereocenters. The third-order valence-corrected chi connectivity index (χ3v) is 2.17. The van der Waals surface area contributed by atoms with Crippen LogP contribution in [-0.2, 0) is 11.4 Å². The second-order valence-electron chi connectivity index (χ2n) is 3.25. The fourth-order valence-electron chi connectivity index (χ4n) is 1.60. The van der Waals surface area contributed by atoms with Crippen LogP contribution in [0.15, 0.2) is 30.3 Å². The summed E-state index contributed by atoms with van der Waals surface area (Å²) in [5, 5.41) is 1.10. The maximum Gasteiger partial charge on any atom is 0.0937 e. The standard InChI is InChI=1S/C11H12N2O/c1-8-6-9(7-14-12)10-4-2-3-5-11(10)13-8/h2-6H,7,12H2,1H3. The summed E-state index contributed by atoms with van der Waals surface area (Å²) in [5.74, 6) is 5.08. The van der Waals surface area contributed by atoms with Crippen molar-refractivity contribution in [3.63, 3.8) is 0 Å². The third-order valence-electron chi connectivity index (χ3n) is 2.17. The second kappa shape index (κ2) is 3.74. The molecular weight excluding hydrogens is 176 g/mol. The summed E-state index contributed by atoms with van der Waals surface area (Å²) in [6.07, 6.45) is 0. The molecule has 1 aromatic heterocycles. The van der Waals surface area contributed by atoms with Gasteiger partial charge in [0.25, 0.3) is 0 Å². The summed E-state index contributed by atoms with van der Waals surface area (Å²) in [4.78, 5) is 9.09. The third kappa shape index (κ3) is 1.60. The van der Waals surface area contributed by atoms with Gasteiger partial charge in [-0.05, 0) is 24.6 Å². The zero-order chi connectivity index (χ0) is 9.97. The van der Waals surface area contributed by atoms with E-state index in [1.807, 2.05) is 37.3 Å². The number of para-hydroxylation sites is 1. The molecule has 0 aliphatic rings. The minimum atomic E-state index is 0.421. The number of hydrogen-bond acceptors (Lipinski definition) is 3. The average molecular weight is 188 g/mol. The highest BCUT2D eigenvalue weighted by Crippen LogP contribution is 2.18. The van der Waals surface area contributed by atoms with Crippen LogP contribution < -0.4 is 5.90 Å². The lowest BCUT2D eigenvalue weighted by molar-refractivity contribution is 0.125. The molecule has 0 atom stereocenters. The monoisotopic (exact) mass is 188 g/mol. The van der Waals surface area contributed by atoms with Crippen LogP contribution in [-0.4, -0.2) is 4.98 Å². The highest BCUT2D eigenvalue weighted by Gasteiger charge is 2.02. The topological polar surface area (TPSA) is 48.1 Å². The van der Waals surface area contributed by atoms with E-state index in [1.54, 1.807) is 0 Å². The largest absolute Gasteiger partial charge is 0.300 e. The second-order valence-corrected chi connectivity index (χ2v) is 3.25. The molecule has 1 heterocycles. The summed E-state index contributed by atoms with van der Waals surface area (Å²) in [6.45, 7) is 2.39. The lowest BCUT2D eigenvalue weighted by atomic mass is 10.1. The van der Waals surface area contributed by atoms with E-state index < -0.39 is 0 Å². The predicted octanol–water partition coefficient (Wildman–Crippen LogP) is 1.93. The normalized spacial score (nSPS) is 10.7. The molecule has 3 nitrogen and oxygen atoms in total. The first kappa shape index (κ1) is 9.12. The number of rotatable bonds is 2. The highest BCUT2D eigenvalue weighted by molar-refractivity contribution is 5.82. The van der Waals surface area contributed by atoms with Crippen molar-refractivity contribution in [2.24, 2.45) is 5.90 Å². The predicted molar refractivity (Wildman–Crippen MR) is 55.5 cm³/mol. The first-order valence-electron chi connectivity index (χ1n) is 4.48. The summed E-state index contributed by atoms with van der Waals surface area (Å²) >= 11 is 0. The van der Waals surface area contributed by atoms with Gasteiger partial charge in [0.2, 0.25) is 0 Å². The van der Waals surface area contributed by atoms with E-state index in [-0.39, 0.29) is 0 Å². The van der Waals surface area contributed by atoms with E-state index in [0.29, 0.717) is 6.61 Å². The van der Waals surface area contributed by atoms with Crippen molar-refractivity contribution in [3.05, 3.63) is 41.6 Å². The van der Waals surface area contributed by atoms with E-state index in [9.17, 15) is 0 Å². The smallest absolute Gasteiger partial charge is 0.0937 e. The summed E-state index contributed by atoms with van der Waals surface area (Å²) < 4.78 is 0. The number of nitrogens with zero attached hydrogens (tertiary/aromatic N) is 1. The molecule has 72 valence electrons. The molecule has 0 aliphatic heterocycles. The molecule has 2 rings (SSSR count). The Bertz CT molecular complexity index is 454. The molecule has 0 bridgehead atoms. The summed E-state index contributed by atoms with van der Waals surface area (Å²) in [7, 11) is 0. The van der Waals surface area contributed by atoms with Crippen molar-refractivity contribution in [1.29, 1.82) is 0 Å². The van der Waals surface area contributed by atoms with Gasteiger partial charge in [-0.1, -0.05) is 18.2 Å². The van der Waals surface area contributed by atoms with Crippen LogP contribution >= 0.6 is 0 Å². The zero-order valence-corrected chi connectivity index (χ0v) is 8.03. The SMILES string of the molecule is Cc1cc(CON)c2ccccc2n1. The molecule has 0 spiro atoms. The Morgan fingerprint density at radius 1 is 1.36 bits per heavy atom. The van der Waals surface area contributed by atoms with Crippen molar-refractivity contribution in [1.82, 2.24) is 4.98 Å². The fraction of sp³-hybridized carbons (Fsp3) is 0.182. The molecule has 3 heteroatoms. The van der Waals surface area contributed by atoms with Gasteiger partial charge in [-0.3, -0.25) is 9.82 Å². The summed E-state index contributed by atoms with van der Waals surface area (Å²) in [5.41, 5.74) is 3.05. The van der Waals surface area contributed by atoms with Gasteiger partial charge >= 0.3 is 0 Å². The van der Waals surface area contributed by atoms with E-state index >= 15 is 0 Å². The van der Waals surface area contributed by atoms with Crippen LogP contribution in [0.3, 0.4) is 0 Å². The minimum Gasteiger partial charge on any atom is -0.300 e.